The van der Waals surface area contributed by atoms with Gasteiger partial charge >= 0.3 is 6.36 Å². The van der Waals surface area contributed by atoms with Crippen molar-refractivity contribution in [3.05, 3.63) is 65.2 Å². The highest BCUT2D eigenvalue weighted by molar-refractivity contribution is 5.77. The van der Waals surface area contributed by atoms with Gasteiger partial charge in [-0.25, -0.2) is 4.98 Å². The van der Waals surface area contributed by atoms with E-state index in [4.69, 9.17) is 0 Å². The minimum absolute atomic E-state index is 0.241. The zero-order valence-electron chi connectivity index (χ0n) is 11.0. The van der Waals surface area contributed by atoms with Gasteiger partial charge in [0.25, 0.3) is 5.56 Å². The normalized spacial score (nSPS) is 11.6. The molecule has 0 N–H and O–H groups in total. The van der Waals surface area contributed by atoms with Gasteiger partial charge in [0.2, 0.25) is 0 Å². The van der Waals surface area contributed by atoms with Crippen molar-refractivity contribution < 1.29 is 17.9 Å². The number of para-hydroxylation sites is 1. The summed E-state index contributed by atoms with van der Waals surface area (Å²) in [6.07, 6.45) is -3.51. The largest absolute Gasteiger partial charge is 0.573 e. The third-order valence-corrected chi connectivity index (χ3v) is 2.99. The Morgan fingerprint density at radius 3 is 2.59 bits per heavy atom. The average molecular weight is 306 g/mol. The number of benzene rings is 2. The molecule has 0 saturated heterocycles. The molecule has 0 saturated carbocycles. The number of fused-ring (bicyclic) bond motifs is 1. The molecule has 0 unspecified atom stereocenters. The first-order valence-corrected chi connectivity index (χ1v) is 6.27. The zero-order valence-corrected chi connectivity index (χ0v) is 11.0. The van der Waals surface area contributed by atoms with Crippen LogP contribution in [-0.2, 0) is 0 Å². The summed E-state index contributed by atoms with van der Waals surface area (Å²) in [7, 11) is 0. The monoisotopic (exact) mass is 306 g/mol. The van der Waals surface area contributed by atoms with Crippen LogP contribution in [-0.4, -0.2) is 15.9 Å². The maximum atomic E-state index is 12.4. The lowest BCUT2D eigenvalue weighted by molar-refractivity contribution is -0.274. The summed E-state index contributed by atoms with van der Waals surface area (Å²) in [4.78, 5) is 16.5. The minimum Gasteiger partial charge on any atom is -0.406 e. The molecular weight excluding hydrogens is 297 g/mol. The van der Waals surface area contributed by atoms with E-state index in [9.17, 15) is 18.0 Å². The number of ether oxygens (including phenoxy) is 1. The van der Waals surface area contributed by atoms with Crippen molar-refractivity contribution in [1.29, 1.82) is 0 Å². The molecule has 7 heteroatoms. The number of halogens is 3. The van der Waals surface area contributed by atoms with E-state index in [1.807, 2.05) is 0 Å². The molecule has 0 aliphatic carbocycles. The van der Waals surface area contributed by atoms with Crippen LogP contribution in [0.3, 0.4) is 0 Å². The molecule has 1 aromatic heterocycles. The molecule has 112 valence electrons. The number of alkyl halides is 3. The summed E-state index contributed by atoms with van der Waals surface area (Å²) in [6.45, 7) is 0. The van der Waals surface area contributed by atoms with Crippen molar-refractivity contribution in [1.82, 2.24) is 9.55 Å². The predicted molar refractivity (Wildman–Crippen MR) is 74.0 cm³/mol. The fourth-order valence-electron chi connectivity index (χ4n) is 2.08. The second-order valence-electron chi connectivity index (χ2n) is 4.48. The highest BCUT2D eigenvalue weighted by Crippen LogP contribution is 2.24. The molecule has 2 aromatic carbocycles. The van der Waals surface area contributed by atoms with Crippen LogP contribution in [0.4, 0.5) is 13.2 Å². The van der Waals surface area contributed by atoms with Gasteiger partial charge in [-0.1, -0.05) is 18.2 Å². The molecule has 0 aliphatic rings. The van der Waals surface area contributed by atoms with E-state index in [1.54, 1.807) is 24.3 Å². The minimum atomic E-state index is -4.79. The smallest absolute Gasteiger partial charge is 0.406 e. The van der Waals surface area contributed by atoms with Crippen LogP contribution in [0.1, 0.15) is 0 Å². The van der Waals surface area contributed by atoms with Gasteiger partial charge in [0.05, 0.1) is 16.6 Å². The van der Waals surface area contributed by atoms with Crippen molar-refractivity contribution in [3.63, 3.8) is 0 Å². The fourth-order valence-corrected chi connectivity index (χ4v) is 2.08. The first-order valence-electron chi connectivity index (χ1n) is 6.27. The SMILES string of the molecule is O=c1c2ccccc2ncn1-c1cccc(OC(F)(F)F)c1. The van der Waals surface area contributed by atoms with Gasteiger partial charge in [0.15, 0.2) is 0 Å². The van der Waals surface area contributed by atoms with Gasteiger partial charge < -0.3 is 4.74 Å². The molecule has 0 radical (unpaired) electrons. The van der Waals surface area contributed by atoms with Gasteiger partial charge in [0, 0.05) is 6.07 Å². The van der Waals surface area contributed by atoms with E-state index in [0.29, 0.717) is 10.9 Å². The molecule has 0 atom stereocenters. The van der Waals surface area contributed by atoms with E-state index in [0.717, 1.165) is 12.1 Å². The maximum Gasteiger partial charge on any atom is 0.573 e. The predicted octanol–water partition coefficient (Wildman–Crippen LogP) is 3.28. The Labute approximate surface area is 122 Å². The number of nitrogens with zero attached hydrogens (tertiary/aromatic N) is 2. The molecular formula is C15H9F3N2O2. The van der Waals surface area contributed by atoms with E-state index in [-0.39, 0.29) is 11.2 Å². The maximum absolute atomic E-state index is 12.4. The Morgan fingerprint density at radius 2 is 1.82 bits per heavy atom. The lowest BCUT2D eigenvalue weighted by Crippen LogP contribution is -2.20. The highest BCUT2D eigenvalue weighted by atomic mass is 19.4. The van der Waals surface area contributed by atoms with Crippen LogP contribution in [0, 0.1) is 0 Å². The second-order valence-corrected chi connectivity index (χ2v) is 4.48. The molecule has 0 amide bonds. The first kappa shape index (κ1) is 14.1. The number of rotatable bonds is 2. The molecule has 22 heavy (non-hydrogen) atoms. The Morgan fingerprint density at radius 1 is 1.05 bits per heavy atom. The highest BCUT2D eigenvalue weighted by Gasteiger charge is 2.31. The van der Waals surface area contributed by atoms with E-state index < -0.39 is 12.1 Å². The number of hydrogen-bond donors (Lipinski definition) is 0. The Bertz CT molecular complexity index is 888. The number of hydrogen-bond acceptors (Lipinski definition) is 3. The zero-order chi connectivity index (χ0) is 15.7. The summed E-state index contributed by atoms with van der Waals surface area (Å²) in [5, 5.41) is 0.382. The van der Waals surface area contributed by atoms with Crippen LogP contribution in [0.2, 0.25) is 0 Å². The van der Waals surface area contributed by atoms with Crippen molar-refractivity contribution >= 4 is 10.9 Å². The van der Waals surface area contributed by atoms with Crippen molar-refractivity contribution in [2.45, 2.75) is 6.36 Å². The lowest BCUT2D eigenvalue weighted by Gasteiger charge is -2.11. The van der Waals surface area contributed by atoms with Gasteiger partial charge in [-0.15, -0.1) is 13.2 Å². The van der Waals surface area contributed by atoms with Crippen LogP contribution in [0.25, 0.3) is 16.6 Å². The summed E-state index contributed by atoms with van der Waals surface area (Å²) in [6, 6.07) is 11.9. The molecule has 3 aromatic rings. The summed E-state index contributed by atoms with van der Waals surface area (Å²) >= 11 is 0. The Balaban J connectivity index is 2.10. The van der Waals surface area contributed by atoms with Gasteiger partial charge in [-0.3, -0.25) is 9.36 Å². The van der Waals surface area contributed by atoms with Crippen molar-refractivity contribution in [2.24, 2.45) is 0 Å². The van der Waals surface area contributed by atoms with Crippen LogP contribution in [0.5, 0.6) is 5.75 Å². The standard InChI is InChI=1S/C15H9F3N2O2/c16-15(17,18)22-11-5-3-4-10(8-11)20-9-19-13-7-2-1-6-12(13)14(20)21/h1-9H. The Kier molecular flexibility index (Phi) is 3.32. The molecule has 0 spiro atoms. The van der Waals surface area contributed by atoms with Crippen LogP contribution >= 0.6 is 0 Å². The molecule has 0 aliphatic heterocycles. The van der Waals surface area contributed by atoms with E-state index >= 15 is 0 Å². The van der Waals surface area contributed by atoms with Gasteiger partial charge in [-0.05, 0) is 24.3 Å². The third kappa shape index (κ3) is 2.78. The van der Waals surface area contributed by atoms with Crippen LogP contribution in [0.15, 0.2) is 59.7 Å². The molecule has 0 fully saturated rings. The Hall–Kier alpha value is -2.83. The number of aromatic nitrogens is 2. The summed E-state index contributed by atoms with van der Waals surface area (Å²) in [5.41, 5.74) is 0.395. The van der Waals surface area contributed by atoms with Gasteiger partial charge in [0.1, 0.15) is 12.1 Å². The quantitative estimate of drug-likeness (QED) is 0.730. The first-order chi connectivity index (χ1) is 10.4. The van der Waals surface area contributed by atoms with Crippen LogP contribution < -0.4 is 10.3 Å². The van der Waals surface area contributed by atoms with E-state index in [1.165, 1.54) is 23.0 Å². The lowest BCUT2D eigenvalue weighted by atomic mass is 10.2. The fraction of sp³-hybridized carbons (Fsp3) is 0.0667. The average Bonchev–Trinajstić information content (AvgIpc) is 2.46. The second kappa shape index (κ2) is 5.18. The van der Waals surface area contributed by atoms with E-state index in [2.05, 4.69) is 9.72 Å². The molecule has 4 nitrogen and oxygen atoms in total. The summed E-state index contributed by atoms with van der Waals surface area (Å²) < 4.78 is 41.8. The third-order valence-electron chi connectivity index (χ3n) is 2.99. The molecule has 0 bridgehead atoms. The summed E-state index contributed by atoms with van der Waals surface area (Å²) in [5.74, 6) is -0.398. The van der Waals surface area contributed by atoms with Gasteiger partial charge in [-0.2, -0.15) is 0 Å². The topological polar surface area (TPSA) is 44.1 Å². The van der Waals surface area contributed by atoms with Crippen molar-refractivity contribution in [2.75, 3.05) is 0 Å². The molecule has 1 heterocycles. The van der Waals surface area contributed by atoms with Crippen molar-refractivity contribution in [3.8, 4) is 11.4 Å². The molecule has 3 rings (SSSR count).